The third kappa shape index (κ3) is 7.12. The SMILES string of the molecule is C(=C(/c1ccccc1)c1sc(-c2ccccc2)c[s+]1)/c1ccccc1.[O-][Cl+3]([O-])([O-])[O-]. The van der Waals surface area contributed by atoms with Crippen LogP contribution in [0.2, 0.25) is 0 Å². The van der Waals surface area contributed by atoms with Crippen LogP contribution in [0.1, 0.15) is 15.3 Å². The minimum Gasteiger partial charge on any atom is -0.222 e. The fraction of sp³-hybridized carbons (Fsp3) is 0. The molecule has 0 aliphatic heterocycles. The molecule has 0 N–H and O–H groups in total. The van der Waals surface area contributed by atoms with Crippen molar-refractivity contribution in [1.29, 1.82) is 0 Å². The van der Waals surface area contributed by atoms with Crippen molar-refractivity contribution >= 4 is 34.3 Å². The molecule has 0 spiro atoms. The standard InChI is InChI=1S/C23H17S2.ClHO4/c1-4-10-18(11-5-1)16-21(19-12-6-2-7-13-19)23-24-17-22(25-23)20-14-8-3-9-15-20;2-1(3,4)5/h1-17H;(H,2,3,4,5)/q+1;/p-1/b21-16+;. The molecule has 0 amide bonds. The van der Waals surface area contributed by atoms with E-state index < -0.39 is 10.2 Å². The first kappa shape index (κ1) is 22.3. The summed E-state index contributed by atoms with van der Waals surface area (Å²) in [5.41, 5.74) is 5.04. The van der Waals surface area contributed by atoms with Gasteiger partial charge in [0.2, 0.25) is 0 Å². The van der Waals surface area contributed by atoms with E-state index in [-0.39, 0.29) is 0 Å². The van der Waals surface area contributed by atoms with Crippen LogP contribution < -0.4 is 18.6 Å². The first-order valence-corrected chi connectivity index (χ1v) is 11.7. The van der Waals surface area contributed by atoms with Gasteiger partial charge in [0, 0.05) is 5.56 Å². The Bertz CT molecular complexity index is 1070. The Hall–Kier alpha value is -2.42. The quantitative estimate of drug-likeness (QED) is 0.348. The molecule has 152 valence electrons. The molecule has 0 saturated carbocycles. The molecule has 0 atom stereocenters. The molecular weight excluding hydrogens is 440 g/mol. The molecule has 30 heavy (non-hydrogen) atoms. The maximum absolute atomic E-state index is 8.49. The van der Waals surface area contributed by atoms with Gasteiger partial charge in [-0.25, -0.2) is 18.6 Å². The Morgan fingerprint density at radius 2 is 1.23 bits per heavy atom. The summed E-state index contributed by atoms with van der Waals surface area (Å²) in [4.78, 5) is 1.32. The Balaban J connectivity index is 0.000000461. The zero-order chi connectivity index (χ0) is 21.4. The molecule has 3 aromatic carbocycles. The van der Waals surface area contributed by atoms with E-state index in [1.165, 1.54) is 31.3 Å². The van der Waals surface area contributed by atoms with Crippen molar-refractivity contribution in [3.05, 3.63) is 112 Å². The van der Waals surface area contributed by atoms with Crippen molar-refractivity contribution in [2.75, 3.05) is 0 Å². The van der Waals surface area contributed by atoms with Gasteiger partial charge in [0.15, 0.2) is 4.88 Å². The summed E-state index contributed by atoms with van der Waals surface area (Å²) in [5.74, 6) is 0. The van der Waals surface area contributed by atoms with E-state index in [0.29, 0.717) is 0 Å². The minimum atomic E-state index is -4.94. The van der Waals surface area contributed by atoms with Gasteiger partial charge < -0.3 is 0 Å². The average Bonchev–Trinajstić information content (AvgIpc) is 3.23. The Morgan fingerprint density at radius 3 is 1.80 bits per heavy atom. The van der Waals surface area contributed by atoms with Gasteiger partial charge in [0.25, 0.3) is 4.19 Å². The summed E-state index contributed by atoms with van der Waals surface area (Å²) in [7, 11) is -4.94. The van der Waals surface area contributed by atoms with Crippen molar-refractivity contribution in [2.24, 2.45) is 0 Å². The van der Waals surface area contributed by atoms with Crippen molar-refractivity contribution in [3.63, 3.8) is 0 Å². The average molecular weight is 457 g/mol. The van der Waals surface area contributed by atoms with Crippen molar-refractivity contribution in [3.8, 4) is 10.4 Å². The molecule has 0 radical (unpaired) electrons. The highest BCUT2D eigenvalue weighted by molar-refractivity contribution is 7.33. The zero-order valence-corrected chi connectivity index (χ0v) is 18.0. The number of benzene rings is 3. The summed E-state index contributed by atoms with van der Waals surface area (Å²) in [6, 6.07) is 31.8. The third-order valence-electron chi connectivity index (χ3n) is 3.95. The fourth-order valence-corrected chi connectivity index (χ4v) is 5.03. The molecule has 0 fully saturated rings. The van der Waals surface area contributed by atoms with Gasteiger partial charge >= 0.3 is 0 Å². The van der Waals surface area contributed by atoms with Gasteiger partial charge in [-0.15, -0.1) is 10.2 Å². The minimum absolute atomic E-state index is 1.23. The van der Waals surface area contributed by atoms with Crippen LogP contribution in [0, 0.1) is 10.2 Å². The van der Waals surface area contributed by atoms with Gasteiger partial charge in [-0.3, -0.25) is 0 Å². The van der Waals surface area contributed by atoms with Crippen LogP contribution in [0.4, 0.5) is 0 Å². The summed E-state index contributed by atoms with van der Waals surface area (Å²) >= 11 is 3.68. The predicted octanol–water partition coefficient (Wildman–Crippen LogP) is 2.59. The van der Waals surface area contributed by atoms with Gasteiger partial charge in [-0.05, 0) is 17.2 Å². The van der Waals surface area contributed by atoms with Crippen molar-refractivity contribution in [1.82, 2.24) is 0 Å². The summed E-state index contributed by atoms with van der Waals surface area (Å²) in [5, 5.41) is 2.26. The van der Waals surface area contributed by atoms with Gasteiger partial charge in [0.05, 0.1) is 28.2 Å². The van der Waals surface area contributed by atoms with Gasteiger partial charge in [-0.1, -0.05) is 91.0 Å². The van der Waals surface area contributed by atoms with Crippen LogP contribution >= 0.6 is 22.7 Å². The largest absolute Gasteiger partial charge is 0.286 e. The summed E-state index contributed by atoms with van der Waals surface area (Å²) < 4.78 is 35.3. The third-order valence-corrected chi connectivity index (χ3v) is 6.40. The number of halogens is 1. The lowest BCUT2D eigenvalue weighted by atomic mass is 10.0. The van der Waals surface area contributed by atoms with E-state index in [9.17, 15) is 0 Å². The summed E-state index contributed by atoms with van der Waals surface area (Å²) in [6.45, 7) is 0. The van der Waals surface area contributed by atoms with Crippen LogP contribution in [-0.2, 0) is 0 Å². The van der Waals surface area contributed by atoms with E-state index in [4.69, 9.17) is 18.6 Å². The number of rotatable bonds is 4. The lowest BCUT2D eigenvalue weighted by Gasteiger charge is -2.17. The van der Waals surface area contributed by atoms with Crippen LogP contribution in [0.15, 0.2) is 96.4 Å². The maximum Gasteiger partial charge on any atom is 0.286 e. The summed E-state index contributed by atoms with van der Waals surface area (Å²) in [6.07, 6.45) is 2.28. The van der Waals surface area contributed by atoms with Crippen LogP contribution in [0.25, 0.3) is 22.1 Å². The van der Waals surface area contributed by atoms with E-state index in [1.807, 2.05) is 22.7 Å². The Morgan fingerprint density at radius 1 is 0.733 bits per heavy atom. The second-order valence-corrected chi connectivity index (χ2v) is 9.01. The zero-order valence-electron chi connectivity index (χ0n) is 15.6. The van der Waals surface area contributed by atoms with Crippen LogP contribution in [0.3, 0.4) is 0 Å². The highest BCUT2D eigenvalue weighted by Crippen LogP contribution is 2.39. The monoisotopic (exact) mass is 456 g/mol. The second-order valence-electron chi connectivity index (χ2n) is 6.07. The molecule has 1 aromatic heterocycles. The lowest BCUT2D eigenvalue weighted by molar-refractivity contribution is -2.00. The molecule has 0 aliphatic carbocycles. The second kappa shape index (κ2) is 10.6. The van der Waals surface area contributed by atoms with E-state index in [1.54, 1.807) is 0 Å². The van der Waals surface area contributed by atoms with Crippen LogP contribution in [0.5, 0.6) is 0 Å². The van der Waals surface area contributed by atoms with Gasteiger partial charge in [-0.2, -0.15) is 0 Å². The molecule has 4 aromatic rings. The normalized spacial score (nSPS) is 11.5. The smallest absolute Gasteiger partial charge is 0.222 e. The molecule has 1 heterocycles. The molecule has 4 nitrogen and oxygen atoms in total. The number of hydrogen-bond acceptors (Lipinski definition) is 5. The van der Waals surface area contributed by atoms with Gasteiger partial charge in [0.1, 0.15) is 5.38 Å². The Kier molecular flexibility index (Phi) is 7.84. The lowest BCUT2D eigenvalue weighted by Crippen LogP contribution is -2.68. The van der Waals surface area contributed by atoms with Crippen molar-refractivity contribution < 1.29 is 28.9 Å². The first-order valence-electron chi connectivity index (χ1n) is 8.81. The molecule has 7 heteroatoms. The molecule has 0 unspecified atom stereocenters. The predicted molar refractivity (Wildman–Crippen MR) is 112 cm³/mol. The first-order chi connectivity index (χ1) is 14.4. The van der Waals surface area contributed by atoms with E-state index in [0.717, 1.165) is 0 Å². The van der Waals surface area contributed by atoms with E-state index in [2.05, 4.69) is 102 Å². The number of hydrogen-bond donors (Lipinski definition) is 0. The highest BCUT2D eigenvalue weighted by atomic mass is 35.7. The molecule has 0 saturated heterocycles. The molecule has 0 aliphatic rings. The molecule has 0 bridgehead atoms. The Labute approximate surface area is 185 Å². The van der Waals surface area contributed by atoms with E-state index >= 15 is 0 Å². The van der Waals surface area contributed by atoms with Crippen molar-refractivity contribution in [2.45, 2.75) is 0 Å². The maximum atomic E-state index is 8.49. The fourth-order valence-electron chi connectivity index (χ4n) is 2.70. The molecular formula is C23H17ClO4S2. The topological polar surface area (TPSA) is 92.2 Å². The molecule has 4 rings (SSSR count). The van der Waals surface area contributed by atoms with Crippen LogP contribution in [-0.4, -0.2) is 0 Å². The highest BCUT2D eigenvalue weighted by Gasteiger charge is 2.21.